The van der Waals surface area contributed by atoms with Crippen LogP contribution in [0.1, 0.15) is 309 Å². The molecule has 0 heteroatoms. The van der Waals surface area contributed by atoms with Crippen LogP contribution in [0.25, 0.3) is 0 Å². The second-order valence-electron chi connectivity index (χ2n) is 17.3. The lowest BCUT2D eigenvalue weighted by atomic mass is 9.95. The third-order valence-electron chi connectivity index (χ3n) is 11.9. The molecule has 0 aromatic rings. The van der Waals surface area contributed by atoms with Gasteiger partial charge in [-0.25, -0.2) is 0 Å². The zero-order chi connectivity index (χ0) is 36.1. The number of unbranched alkanes of at least 4 members (excludes halogenated alkanes) is 42. The molecule has 0 spiro atoms. The Kier molecular flexibility index (Phi) is 47.0. The normalized spacial score (nSPS) is 12.3. The van der Waals surface area contributed by atoms with Gasteiger partial charge in [-0.15, -0.1) is 0 Å². The molecule has 0 rings (SSSR count). The van der Waals surface area contributed by atoms with E-state index in [2.05, 4.69) is 20.8 Å². The van der Waals surface area contributed by atoms with Gasteiger partial charge in [-0.1, -0.05) is 316 Å². The molecule has 0 aliphatic rings. The van der Waals surface area contributed by atoms with Gasteiger partial charge >= 0.3 is 0 Å². The average Bonchev–Trinajstić information content (AvgIpc) is 3.12. The number of hydrogen-bond donors (Lipinski definition) is 0. The molecule has 0 amide bonds. The fraction of sp³-hybridized carbons (Fsp3) is 0.980. The van der Waals surface area contributed by atoms with E-state index < -0.39 is 0 Å². The van der Waals surface area contributed by atoms with Crippen LogP contribution in [0.5, 0.6) is 0 Å². The minimum absolute atomic E-state index is 0.713. The highest BCUT2D eigenvalue weighted by Crippen LogP contribution is 2.20. The Hall–Kier alpha value is 0. The fourth-order valence-corrected chi connectivity index (χ4v) is 8.23. The highest BCUT2D eigenvalue weighted by Gasteiger charge is 2.03. The van der Waals surface area contributed by atoms with Gasteiger partial charge in [0.1, 0.15) is 0 Å². The Morgan fingerprint density at radius 2 is 0.320 bits per heavy atom. The minimum atomic E-state index is 0.713. The van der Waals surface area contributed by atoms with Gasteiger partial charge in [0.15, 0.2) is 0 Å². The molecular formula is C50H101. The molecule has 1 radical (unpaired) electrons. The molecule has 0 fully saturated rings. The summed E-state index contributed by atoms with van der Waals surface area (Å²) in [5, 5.41) is 0. The summed E-state index contributed by atoms with van der Waals surface area (Å²) < 4.78 is 0. The predicted molar refractivity (Wildman–Crippen MR) is 233 cm³/mol. The molecule has 1 unspecified atom stereocenters. The second-order valence-corrected chi connectivity index (χ2v) is 17.3. The number of rotatable bonds is 46. The van der Waals surface area contributed by atoms with E-state index in [-0.39, 0.29) is 0 Å². The Morgan fingerprint density at radius 1 is 0.200 bits per heavy atom. The van der Waals surface area contributed by atoms with E-state index in [4.69, 9.17) is 0 Å². The van der Waals surface area contributed by atoms with Crippen molar-refractivity contribution in [3.63, 3.8) is 0 Å². The van der Waals surface area contributed by atoms with E-state index in [0.717, 1.165) is 0 Å². The van der Waals surface area contributed by atoms with Gasteiger partial charge in [-0.3, -0.25) is 0 Å². The SMILES string of the molecule is [CH2]C(CCCCCCCCCCCCCCCCCCCCCC)CCCCCCCCCCCCCCCCCCCCCCCCCC. The monoisotopic (exact) mass is 702 g/mol. The summed E-state index contributed by atoms with van der Waals surface area (Å²) in [7, 11) is 0. The minimum Gasteiger partial charge on any atom is -0.0654 e. The molecule has 0 aromatic carbocycles. The van der Waals surface area contributed by atoms with Crippen molar-refractivity contribution in [2.45, 2.75) is 309 Å². The molecule has 0 saturated carbocycles. The molecule has 1 atom stereocenters. The molecule has 0 N–H and O–H groups in total. The fourth-order valence-electron chi connectivity index (χ4n) is 8.23. The quantitative estimate of drug-likeness (QED) is 0.0554. The first kappa shape index (κ1) is 50.0. The van der Waals surface area contributed by atoms with Crippen LogP contribution in [0.2, 0.25) is 0 Å². The van der Waals surface area contributed by atoms with E-state index in [9.17, 15) is 0 Å². The van der Waals surface area contributed by atoms with Crippen molar-refractivity contribution in [3.8, 4) is 0 Å². The van der Waals surface area contributed by atoms with Gasteiger partial charge in [0.2, 0.25) is 0 Å². The first-order chi connectivity index (χ1) is 24.8. The Balaban J connectivity index is 3.13. The Morgan fingerprint density at radius 3 is 0.460 bits per heavy atom. The molecule has 0 aliphatic heterocycles. The largest absolute Gasteiger partial charge is 0.0654 e. The van der Waals surface area contributed by atoms with Gasteiger partial charge in [-0.2, -0.15) is 0 Å². The lowest BCUT2D eigenvalue weighted by Gasteiger charge is -2.11. The topological polar surface area (TPSA) is 0 Å². The van der Waals surface area contributed by atoms with E-state index >= 15 is 0 Å². The van der Waals surface area contributed by atoms with Gasteiger partial charge in [0.25, 0.3) is 0 Å². The summed E-state index contributed by atoms with van der Waals surface area (Å²) in [6.45, 7) is 9.11. The third-order valence-corrected chi connectivity index (χ3v) is 11.9. The maximum atomic E-state index is 4.49. The van der Waals surface area contributed by atoms with Crippen molar-refractivity contribution in [1.82, 2.24) is 0 Å². The summed E-state index contributed by atoms with van der Waals surface area (Å²) in [5.41, 5.74) is 0. The zero-order valence-electron chi connectivity index (χ0n) is 35.8. The summed E-state index contributed by atoms with van der Waals surface area (Å²) in [5.74, 6) is 0.713. The molecule has 0 aliphatic carbocycles. The highest BCUT2D eigenvalue weighted by atomic mass is 14.1. The molecular weight excluding hydrogens is 601 g/mol. The molecule has 0 nitrogen and oxygen atoms in total. The van der Waals surface area contributed by atoms with Crippen molar-refractivity contribution in [2.75, 3.05) is 0 Å². The van der Waals surface area contributed by atoms with E-state index in [1.807, 2.05) is 0 Å². The van der Waals surface area contributed by atoms with Crippen molar-refractivity contribution in [1.29, 1.82) is 0 Å². The molecule has 50 heavy (non-hydrogen) atoms. The summed E-state index contributed by atoms with van der Waals surface area (Å²) >= 11 is 0. The van der Waals surface area contributed by atoms with Crippen LogP contribution in [0.3, 0.4) is 0 Å². The van der Waals surface area contributed by atoms with Gasteiger partial charge < -0.3 is 0 Å². The predicted octanol–water partition coefficient (Wildman–Crippen LogP) is 19.4. The summed E-state index contributed by atoms with van der Waals surface area (Å²) in [6.07, 6.45) is 67.5. The van der Waals surface area contributed by atoms with Crippen LogP contribution in [-0.4, -0.2) is 0 Å². The van der Waals surface area contributed by atoms with Crippen molar-refractivity contribution in [2.24, 2.45) is 5.92 Å². The van der Waals surface area contributed by atoms with E-state index in [1.54, 1.807) is 0 Å². The average molecular weight is 702 g/mol. The van der Waals surface area contributed by atoms with Crippen LogP contribution >= 0.6 is 0 Å². The first-order valence-corrected chi connectivity index (χ1v) is 24.6. The van der Waals surface area contributed by atoms with Crippen LogP contribution in [0, 0.1) is 12.8 Å². The summed E-state index contributed by atoms with van der Waals surface area (Å²) in [6, 6.07) is 0. The lowest BCUT2D eigenvalue weighted by Crippen LogP contribution is -1.95. The maximum absolute atomic E-state index is 4.49. The van der Waals surface area contributed by atoms with E-state index in [1.165, 1.54) is 295 Å². The molecule has 0 aromatic heterocycles. The second kappa shape index (κ2) is 47.0. The summed E-state index contributed by atoms with van der Waals surface area (Å²) in [4.78, 5) is 0. The standard InChI is InChI=1S/C50H101/c1-4-6-8-10-12-14-16-18-20-22-24-26-27-28-29-31-33-35-37-39-41-43-45-47-49-50(3)48-46-44-42-40-38-36-34-32-30-25-23-21-19-17-15-13-11-9-7-5-2/h50H,3-49H2,1-2H3. The molecule has 301 valence electrons. The van der Waals surface area contributed by atoms with Crippen LogP contribution in [0.15, 0.2) is 0 Å². The molecule has 0 heterocycles. The Bertz CT molecular complexity index is 550. The first-order valence-electron chi connectivity index (χ1n) is 24.6. The number of hydrogen-bond acceptors (Lipinski definition) is 0. The van der Waals surface area contributed by atoms with E-state index in [0.29, 0.717) is 5.92 Å². The van der Waals surface area contributed by atoms with Crippen molar-refractivity contribution < 1.29 is 0 Å². The Labute approximate surface area is 321 Å². The molecule has 0 bridgehead atoms. The van der Waals surface area contributed by atoms with Crippen LogP contribution < -0.4 is 0 Å². The van der Waals surface area contributed by atoms with Crippen LogP contribution in [0.4, 0.5) is 0 Å². The zero-order valence-corrected chi connectivity index (χ0v) is 35.8. The van der Waals surface area contributed by atoms with Crippen LogP contribution in [-0.2, 0) is 0 Å². The highest BCUT2D eigenvalue weighted by molar-refractivity contribution is 4.62. The van der Waals surface area contributed by atoms with Gasteiger partial charge in [0, 0.05) is 0 Å². The smallest absolute Gasteiger partial charge is 0.0414 e. The lowest BCUT2D eigenvalue weighted by molar-refractivity contribution is 0.459. The van der Waals surface area contributed by atoms with Crippen molar-refractivity contribution in [3.05, 3.63) is 6.92 Å². The van der Waals surface area contributed by atoms with Gasteiger partial charge in [-0.05, 0) is 5.92 Å². The van der Waals surface area contributed by atoms with Gasteiger partial charge in [0.05, 0.1) is 0 Å². The maximum Gasteiger partial charge on any atom is -0.0414 e. The van der Waals surface area contributed by atoms with Crippen molar-refractivity contribution >= 4 is 0 Å². The third kappa shape index (κ3) is 46.0. The molecule has 0 saturated heterocycles.